The number of halogens is 1. The molecule has 0 aromatic carbocycles. The average Bonchev–Trinajstić information content (AvgIpc) is 2.88. The van der Waals surface area contributed by atoms with Gasteiger partial charge in [0, 0.05) is 32.9 Å². The number of hydrogen-bond donors (Lipinski definition) is 1. The van der Waals surface area contributed by atoms with Gasteiger partial charge < -0.3 is 5.32 Å². The van der Waals surface area contributed by atoms with Gasteiger partial charge in [0.15, 0.2) is 0 Å². The predicted molar refractivity (Wildman–Crippen MR) is 101 cm³/mol. The van der Waals surface area contributed by atoms with Crippen LogP contribution in [0.5, 0.6) is 0 Å². The summed E-state index contributed by atoms with van der Waals surface area (Å²) in [5, 5.41) is 5.39. The van der Waals surface area contributed by atoms with Crippen LogP contribution in [0.15, 0.2) is 15.9 Å². The van der Waals surface area contributed by atoms with Crippen LogP contribution in [0.4, 0.5) is 0 Å². The molecule has 1 aromatic rings. The van der Waals surface area contributed by atoms with Gasteiger partial charge >= 0.3 is 0 Å². The molecular weight excluding hydrogens is 370 g/mol. The molecule has 1 N–H and O–H groups in total. The van der Waals surface area contributed by atoms with E-state index in [1.54, 1.807) is 0 Å². The molecule has 0 amide bonds. The van der Waals surface area contributed by atoms with Gasteiger partial charge in [-0.05, 0) is 53.9 Å². The van der Waals surface area contributed by atoms with Crippen LogP contribution in [0, 0.1) is 0 Å². The lowest BCUT2D eigenvalue weighted by Gasteiger charge is -2.36. The molecule has 20 heavy (non-hydrogen) atoms. The maximum Gasteiger partial charge on any atom is 0.0701 e. The predicted octanol–water partition coefficient (Wildman–Crippen LogP) is 5.05. The Kier molecular flexibility index (Phi) is 7.81. The van der Waals surface area contributed by atoms with E-state index in [0.29, 0.717) is 6.04 Å². The number of hydrogen-bond acceptors (Lipinski definition) is 4. The summed E-state index contributed by atoms with van der Waals surface area (Å²) in [6.07, 6.45) is 3.68. The highest BCUT2D eigenvalue weighted by atomic mass is 79.9. The first kappa shape index (κ1) is 17.2. The molecule has 1 saturated heterocycles. The van der Waals surface area contributed by atoms with E-state index in [0.717, 1.165) is 17.0 Å². The lowest BCUT2D eigenvalue weighted by Crippen LogP contribution is -2.46. The lowest BCUT2D eigenvalue weighted by molar-refractivity contribution is 0.479. The van der Waals surface area contributed by atoms with Crippen molar-refractivity contribution < 1.29 is 0 Å². The summed E-state index contributed by atoms with van der Waals surface area (Å²) in [5.74, 6) is 2.63. The van der Waals surface area contributed by atoms with E-state index >= 15 is 0 Å². The van der Waals surface area contributed by atoms with Gasteiger partial charge in [-0.3, -0.25) is 0 Å². The minimum absolute atomic E-state index is 0.614. The Balaban J connectivity index is 2.04. The molecule has 2 rings (SSSR count). The Hall–Kier alpha value is 0.840. The second-order valence-corrected chi connectivity index (χ2v) is 10.3. The minimum Gasteiger partial charge on any atom is -0.312 e. The quantitative estimate of drug-likeness (QED) is 0.695. The van der Waals surface area contributed by atoms with Crippen molar-refractivity contribution in [2.24, 2.45) is 0 Å². The zero-order valence-electron chi connectivity index (χ0n) is 12.2. The first-order valence-electron chi connectivity index (χ1n) is 7.45. The highest BCUT2D eigenvalue weighted by Crippen LogP contribution is 2.36. The fourth-order valence-electron chi connectivity index (χ4n) is 2.62. The summed E-state index contributed by atoms with van der Waals surface area (Å²) in [7, 11) is 0. The molecule has 1 aliphatic rings. The van der Waals surface area contributed by atoms with E-state index < -0.39 is 0 Å². The molecule has 0 saturated carbocycles. The Morgan fingerprint density at radius 2 is 2.10 bits per heavy atom. The van der Waals surface area contributed by atoms with Crippen molar-refractivity contribution in [3.05, 3.63) is 20.8 Å². The summed E-state index contributed by atoms with van der Waals surface area (Å²) in [6, 6.07) is 5.07. The van der Waals surface area contributed by atoms with Gasteiger partial charge in [-0.25, -0.2) is 0 Å². The van der Waals surface area contributed by atoms with Crippen LogP contribution in [0.3, 0.4) is 0 Å². The molecule has 0 bridgehead atoms. The smallest absolute Gasteiger partial charge is 0.0701 e. The van der Waals surface area contributed by atoms with E-state index in [9.17, 15) is 0 Å². The second kappa shape index (κ2) is 9.09. The third-order valence-electron chi connectivity index (χ3n) is 3.60. The molecule has 114 valence electrons. The molecule has 3 atom stereocenters. The molecule has 1 nitrogen and oxygen atoms in total. The summed E-state index contributed by atoms with van der Waals surface area (Å²) in [4.78, 5) is 1.50. The van der Waals surface area contributed by atoms with Crippen LogP contribution >= 0.6 is 50.8 Å². The standard InChI is InChI=1S/C15H24BrNS3/c1-3-7-17-12(10-11-5-6-14(16)20-11)15-13(4-2)18-8-9-19-15/h5-6,12-13,15,17H,3-4,7-10H2,1-2H3. The Labute approximate surface area is 144 Å². The van der Waals surface area contributed by atoms with Crippen LogP contribution in [0.2, 0.25) is 0 Å². The number of thiophene rings is 1. The summed E-state index contributed by atoms with van der Waals surface area (Å²) >= 11 is 9.84. The van der Waals surface area contributed by atoms with Gasteiger partial charge in [0.05, 0.1) is 3.79 Å². The maximum atomic E-state index is 3.82. The summed E-state index contributed by atoms with van der Waals surface area (Å²) in [6.45, 7) is 5.73. The molecule has 5 heteroatoms. The first-order chi connectivity index (χ1) is 9.74. The molecule has 0 spiro atoms. The monoisotopic (exact) mass is 393 g/mol. The number of nitrogens with one attached hydrogen (secondary N) is 1. The molecule has 1 aromatic heterocycles. The number of thioether (sulfide) groups is 2. The van der Waals surface area contributed by atoms with E-state index in [-0.39, 0.29) is 0 Å². The SMILES string of the molecule is CCCNC(Cc1ccc(Br)s1)C1SCCSC1CC. The van der Waals surface area contributed by atoms with Crippen LogP contribution in [-0.2, 0) is 6.42 Å². The minimum atomic E-state index is 0.614. The lowest BCUT2D eigenvalue weighted by atomic mass is 10.0. The third-order valence-corrected chi connectivity index (χ3v) is 8.65. The van der Waals surface area contributed by atoms with Crippen molar-refractivity contribution in [1.82, 2.24) is 5.32 Å². The van der Waals surface area contributed by atoms with Crippen LogP contribution in [0.1, 0.15) is 31.6 Å². The fraction of sp³-hybridized carbons (Fsp3) is 0.733. The van der Waals surface area contributed by atoms with Crippen LogP contribution in [-0.4, -0.2) is 34.6 Å². The molecular formula is C15H24BrNS3. The van der Waals surface area contributed by atoms with Gasteiger partial charge in [-0.15, -0.1) is 11.3 Å². The van der Waals surface area contributed by atoms with Gasteiger partial charge in [0.1, 0.15) is 0 Å². The van der Waals surface area contributed by atoms with Crippen molar-refractivity contribution in [1.29, 1.82) is 0 Å². The van der Waals surface area contributed by atoms with Crippen LogP contribution < -0.4 is 5.32 Å². The van der Waals surface area contributed by atoms with Crippen molar-refractivity contribution in [3.63, 3.8) is 0 Å². The Bertz CT molecular complexity index is 396. The molecule has 1 aliphatic heterocycles. The Morgan fingerprint density at radius 1 is 1.30 bits per heavy atom. The summed E-state index contributed by atoms with van der Waals surface area (Å²) < 4.78 is 1.25. The molecule has 2 heterocycles. The second-order valence-electron chi connectivity index (χ2n) is 5.12. The van der Waals surface area contributed by atoms with E-state index in [1.165, 1.54) is 39.4 Å². The van der Waals surface area contributed by atoms with E-state index in [4.69, 9.17) is 0 Å². The zero-order chi connectivity index (χ0) is 14.4. The maximum absolute atomic E-state index is 3.82. The first-order valence-corrected chi connectivity index (χ1v) is 11.2. The Morgan fingerprint density at radius 3 is 2.75 bits per heavy atom. The van der Waals surface area contributed by atoms with Crippen molar-refractivity contribution >= 4 is 50.8 Å². The largest absolute Gasteiger partial charge is 0.312 e. The van der Waals surface area contributed by atoms with Gasteiger partial charge in [-0.2, -0.15) is 23.5 Å². The highest BCUT2D eigenvalue weighted by Gasteiger charge is 2.31. The van der Waals surface area contributed by atoms with Gasteiger partial charge in [-0.1, -0.05) is 13.8 Å². The van der Waals surface area contributed by atoms with Gasteiger partial charge in [0.25, 0.3) is 0 Å². The van der Waals surface area contributed by atoms with Gasteiger partial charge in [0.2, 0.25) is 0 Å². The third kappa shape index (κ3) is 4.94. The summed E-state index contributed by atoms with van der Waals surface area (Å²) in [5.41, 5.74) is 0. The van der Waals surface area contributed by atoms with Crippen molar-refractivity contribution in [3.8, 4) is 0 Å². The fourth-order valence-corrected chi connectivity index (χ4v) is 7.43. The molecule has 3 unspecified atom stereocenters. The van der Waals surface area contributed by atoms with E-state index in [1.807, 2.05) is 11.3 Å². The van der Waals surface area contributed by atoms with E-state index in [2.05, 4.69) is 70.8 Å². The topological polar surface area (TPSA) is 12.0 Å². The molecule has 1 fully saturated rings. The van der Waals surface area contributed by atoms with Crippen LogP contribution in [0.25, 0.3) is 0 Å². The highest BCUT2D eigenvalue weighted by molar-refractivity contribution is 9.11. The number of rotatable bonds is 7. The van der Waals surface area contributed by atoms with Crippen molar-refractivity contribution in [2.45, 2.75) is 49.7 Å². The molecule has 0 radical (unpaired) electrons. The zero-order valence-corrected chi connectivity index (χ0v) is 16.3. The molecule has 0 aliphatic carbocycles. The normalized spacial score (nSPS) is 24.8. The van der Waals surface area contributed by atoms with Crippen molar-refractivity contribution in [2.75, 3.05) is 18.1 Å². The average molecular weight is 394 g/mol.